The van der Waals surface area contributed by atoms with E-state index in [1.807, 2.05) is 6.07 Å². The van der Waals surface area contributed by atoms with Crippen LogP contribution in [0.2, 0.25) is 0 Å². The van der Waals surface area contributed by atoms with Crippen molar-refractivity contribution in [2.45, 2.75) is 13.1 Å². The second kappa shape index (κ2) is 10.1. The van der Waals surface area contributed by atoms with Crippen LogP contribution >= 0.6 is 28.1 Å². The zero-order valence-corrected chi connectivity index (χ0v) is 20.5. The van der Waals surface area contributed by atoms with E-state index in [2.05, 4.69) is 21.2 Å². The number of thiocarbonyl (C=S) groups is 1. The van der Waals surface area contributed by atoms with Gasteiger partial charge in [0.15, 0.2) is 5.11 Å². The number of ether oxygens (including phenoxy) is 1. The molecular weight excluding hydrogens is 541 g/mol. The molecule has 0 atom stereocenters. The average molecular weight is 561 g/mol. The molecule has 0 spiro atoms. The third-order valence-corrected chi connectivity index (χ3v) is 6.13. The SMILES string of the molecule is COc1c(C)cc(Br)cc1C(=O)NC(=S)N1CCN(c2ccc(C(F)(F)F)cc2[N+](=O)[O-])CC1. The van der Waals surface area contributed by atoms with Crippen LogP contribution in [-0.4, -0.2) is 54.1 Å². The predicted molar refractivity (Wildman–Crippen MR) is 127 cm³/mol. The van der Waals surface area contributed by atoms with Gasteiger partial charge in [-0.1, -0.05) is 15.9 Å². The number of nitrogens with one attached hydrogen (secondary N) is 1. The van der Waals surface area contributed by atoms with E-state index < -0.39 is 28.3 Å². The van der Waals surface area contributed by atoms with E-state index in [1.165, 1.54) is 7.11 Å². The van der Waals surface area contributed by atoms with Crippen molar-refractivity contribution in [1.82, 2.24) is 10.2 Å². The van der Waals surface area contributed by atoms with Crippen LogP contribution in [0.1, 0.15) is 21.5 Å². The number of anilines is 1. The Kier molecular flexibility index (Phi) is 7.66. The number of rotatable bonds is 4. The molecule has 0 radical (unpaired) electrons. The van der Waals surface area contributed by atoms with Gasteiger partial charge in [-0.25, -0.2) is 0 Å². The molecule has 1 heterocycles. The number of hydrogen-bond acceptors (Lipinski definition) is 6. The van der Waals surface area contributed by atoms with E-state index in [1.54, 1.807) is 22.8 Å². The lowest BCUT2D eigenvalue weighted by atomic mass is 10.1. The quantitative estimate of drug-likeness (QED) is 0.334. The molecule has 13 heteroatoms. The lowest BCUT2D eigenvalue weighted by molar-refractivity contribution is -0.384. The Morgan fingerprint density at radius 2 is 1.85 bits per heavy atom. The molecular formula is C21H20BrF3N4O4S. The molecule has 0 aliphatic carbocycles. The molecule has 2 aromatic rings. The average Bonchev–Trinajstić information content (AvgIpc) is 2.77. The normalized spacial score (nSPS) is 14.1. The zero-order valence-electron chi connectivity index (χ0n) is 18.1. The van der Waals surface area contributed by atoms with E-state index in [0.717, 1.165) is 17.7 Å². The van der Waals surface area contributed by atoms with E-state index >= 15 is 0 Å². The first kappa shape index (κ1) is 25.7. The fourth-order valence-corrected chi connectivity index (χ4v) is 4.52. The maximum Gasteiger partial charge on any atom is 0.416 e. The number of amides is 1. The Bertz CT molecular complexity index is 1140. The molecule has 0 aromatic heterocycles. The van der Waals surface area contributed by atoms with Gasteiger partial charge in [-0.05, 0) is 49.0 Å². The van der Waals surface area contributed by atoms with Crippen molar-refractivity contribution in [3.05, 3.63) is 61.6 Å². The lowest BCUT2D eigenvalue weighted by Crippen LogP contribution is -2.52. The summed E-state index contributed by atoms with van der Waals surface area (Å²) in [7, 11) is 1.46. The molecule has 1 aliphatic heterocycles. The monoisotopic (exact) mass is 560 g/mol. The second-order valence-electron chi connectivity index (χ2n) is 7.50. The molecule has 182 valence electrons. The number of piperazine rings is 1. The summed E-state index contributed by atoms with van der Waals surface area (Å²) in [5.41, 5.74) is -0.530. The van der Waals surface area contributed by atoms with E-state index in [4.69, 9.17) is 17.0 Å². The number of nitrogens with zero attached hydrogens (tertiary/aromatic N) is 3. The maximum atomic E-state index is 13.0. The number of aryl methyl sites for hydroxylation is 1. The molecule has 0 bridgehead atoms. The van der Waals surface area contributed by atoms with Crippen LogP contribution in [0.15, 0.2) is 34.8 Å². The van der Waals surface area contributed by atoms with Gasteiger partial charge in [-0.3, -0.25) is 20.2 Å². The minimum Gasteiger partial charge on any atom is -0.496 e. The number of methoxy groups -OCH3 is 1. The Balaban J connectivity index is 1.69. The standard InChI is InChI=1S/C21H20BrF3N4O4S/c1-12-9-14(22)11-15(18(12)33-2)19(30)26-20(34)28-7-5-27(6-8-28)16-4-3-13(21(23,24)25)10-17(16)29(31)32/h3-4,9-11H,5-8H2,1-2H3,(H,26,30,34). The zero-order chi connectivity index (χ0) is 25.2. The Morgan fingerprint density at radius 1 is 1.21 bits per heavy atom. The first-order chi connectivity index (χ1) is 15.9. The molecule has 8 nitrogen and oxygen atoms in total. The van der Waals surface area contributed by atoms with Gasteiger partial charge in [0.25, 0.3) is 11.6 Å². The minimum absolute atomic E-state index is 0.0990. The summed E-state index contributed by atoms with van der Waals surface area (Å²) in [5.74, 6) is -0.0324. The summed E-state index contributed by atoms with van der Waals surface area (Å²) in [4.78, 5) is 26.7. The predicted octanol–water partition coefficient (Wildman–Crippen LogP) is 4.53. The van der Waals surface area contributed by atoms with Crippen molar-refractivity contribution >= 4 is 50.5 Å². The van der Waals surface area contributed by atoms with Crippen LogP contribution in [0.5, 0.6) is 5.75 Å². The van der Waals surface area contributed by atoms with Crippen molar-refractivity contribution < 1.29 is 27.6 Å². The maximum absolute atomic E-state index is 13.0. The molecule has 1 aliphatic rings. The van der Waals surface area contributed by atoms with Crippen LogP contribution in [-0.2, 0) is 6.18 Å². The van der Waals surface area contributed by atoms with Gasteiger partial charge in [0, 0.05) is 36.7 Å². The van der Waals surface area contributed by atoms with Crippen molar-refractivity contribution in [3.63, 3.8) is 0 Å². The third kappa shape index (κ3) is 5.58. The Morgan fingerprint density at radius 3 is 2.41 bits per heavy atom. The number of nitro benzene ring substituents is 1. The highest BCUT2D eigenvalue weighted by Crippen LogP contribution is 2.36. The van der Waals surface area contributed by atoms with E-state index in [0.29, 0.717) is 34.9 Å². The number of halogens is 4. The number of alkyl halides is 3. The molecule has 1 N–H and O–H groups in total. The topological polar surface area (TPSA) is 88.0 Å². The van der Waals surface area contributed by atoms with Gasteiger partial charge in [-0.15, -0.1) is 0 Å². The molecule has 2 aromatic carbocycles. The molecule has 1 fully saturated rings. The lowest BCUT2D eigenvalue weighted by Gasteiger charge is -2.37. The molecule has 0 saturated carbocycles. The van der Waals surface area contributed by atoms with Gasteiger partial charge >= 0.3 is 6.18 Å². The summed E-state index contributed by atoms with van der Waals surface area (Å²) < 4.78 is 44.9. The van der Waals surface area contributed by atoms with Crippen molar-refractivity contribution in [3.8, 4) is 5.75 Å². The first-order valence-corrected chi connectivity index (χ1v) is 11.2. The summed E-state index contributed by atoms with van der Waals surface area (Å²) in [6, 6.07) is 5.91. The molecule has 1 amide bonds. The van der Waals surface area contributed by atoms with Crippen LogP contribution in [0.4, 0.5) is 24.5 Å². The molecule has 34 heavy (non-hydrogen) atoms. The van der Waals surface area contributed by atoms with Crippen LogP contribution in [0, 0.1) is 17.0 Å². The van der Waals surface area contributed by atoms with Gasteiger partial charge in [-0.2, -0.15) is 13.2 Å². The fraction of sp³-hybridized carbons (Fsp3) is 0.333. The van der Waals surface area contributed by atoms with Crippen LogP contribution in [0.3, 0.4) is 0 Å². The summed E-state index contributed by atoms with van der Waals surface area (Å²) in [6.07, 6.45) is -4.68. The van der Waals surface area contributed by atoms with Crippen molar-refractivity contribution in [1.29, 1.82) is 0 Å². The number of carbonyl (C=O) groups excluding carboxylic acids is 1. The van der Waals surface area contributed by atoms with Gasteiger partial charge < -0.3 is 14.5 Å². The summed E-state index contributed by atoms with van der Waals surface area (Å²) in [5, 5.41) is 14.2. The number of carbonyl (C=O) groups is 1. The Hall–Kier alpha value is -2.93. The first-order valence-electron chi connectivity index (χ1n) is 9.97. The number of hydrogen-bond donors (Lipinski definition) is 1. The highest BCUT2D eigenvalue weighted by Gasteiger charge is 2.34. The molecule has 1 saturated heterocycles. The Labute approximate surface area is 206 Å². The molecule has 0 unspecified atom stereocenters. The molecule has 3 rings (SSSR count). The minimum atomic E-state index is -4.68. The summed E-state index contributed by atoms with van der Waals surface area (Å²) >= 11 is 8.72. The second-order valence-corrected chi connectivity index (χ2v) is 8.80. The largest absolute Gasteiger partial charge is 0.496 e. The number of nitro groups is 1. The highest BCUT2D eigenvalue weighted by atomic mass is 79.9. The van der Waals surface area contributed by atoms with E-state index in [-0.39, 0.29) is 23.9 Å². The van der Waals surface area contributed by atoms with Crippen LogP contribution in [0.25, 0.3) is 0 Å². The van der Waals surface area contributed by atoms with Crippen LogP contribution < -0.4 is 15.0 Å². The summed E-state index contributed by atoms with van der Waals surface area (Å²) in [6.45, 7) is 2.96. The smallest absolute Gasteiger partial charge is 0.416 e. The third-order valence-electron chi connectivity index (χ3n) is 5.32. The van der Waals surface area contributed by atoms with E-state index in [9.17, 15) is 28.1 Å². The fourth-order valence-electron chi connectivity index (χ4n) is 3.68. The van der Waals surface area contributed by atoms with Gasteiger partial charge in [0.2, 0.25) is 0 Å². The number of benzene rings is 2. The van der Waals surface area contributed by atoms with Gasteiger partial charge in [0.1, 0.15) is 11.4 Å². The van der Waals surface area contributed by atoms with Gasteiger partial charge in [0.05, 0.1) is 23.2 Å². The van der Waals surface area contributed by atoms with Crippen molar-refractivity contribution in [2.75, 3.05) is 38.2 Å². The van der Waals surface area contributed by atoms with Crippen molar-refractivity contribution in [2.24, 2.45) is 0 Å². The highest BCUT2D eigenvalue weighted by molar-refractivity contribution is 9.10.